The van der Waals surface area contributed by atoms with Crippen LogP contribution in [0.1, 0.15) is 23.1 Å². The first-order valence-electron chi connectivity index (χ1n) is 7.70. The molecular weight excluding hydrogens is 333 g/mol. The molecule has 2 aromatic carbocycles. The molecule has 0 radical (unpaired) electrons. The van der Waals surface area contributed by atoms with E-state index in [9.17, 15) is 13.2 Å². The van der Waals surface area contributed by atoms with Gasteiger partial charge < -0.3 is 10.2 Å². The number of thiocarbonyl (C=S) groups is 1. The zero-order chi connectivity index (χ0) is 17.3. The third-order valence-corrected chi connectivity index (χ3v) is 4.40. The first-order valence-corrected chi connectivity index (χ1v) is 8.11. The molecule has 6 heteroatoms. The third-order valence-electron chi connectivity index (χ3n) is 4.07. The third kappa shape index (κ3) is 3.38. The Morgan fingerprint density at radius 1 is 1.17 bits per heavy atom. The van der Waals surface area contributed by atoms with Crippen molar-refractivity contribution in [1.29, 1.82) is 0 Å². The lowest BCUT2D eigenvalue weighted by atomic mass is 10.00. The lowest BCUT2D eigenvalue weighted by Crippen LogP contribution is -2.38. The Morgan fingerprint density at radius 2 is 1.92 bits per heavy atom. The molecule has 0 aliphatic carbocycles. The maximum atomic E-state index is 13.1. The van der Waals surface area contributed by atoms with Crippen molar-refractivity contribution in [2.75, 3.05) is 16.8 Å². The van der Waals surface area contributed by atoms with Gasteiger partial charge in [0.25, 0.3) is 0 Å². The Bertz CT molecular complexity index is 771. The van der Waals surface area contributed by atoms with Crippen molar-refractivity contribution in [1.82, 2.24) is 0 Å². The maximum Gasteiger partial charge on any atom is 0.418 e. The van der Waals surface area contributed by atoms with E-state index < -0.39 is 11.7 Å². The molecule has 0 atom stereocenters. The summed E-state index contributed by atoms with van der Waals surface area (Å²) in [4.78, 5) is 1.88. The van der Waals surface area contributed by atoms with Gasteiger partial charge in [-0.15, -0.1) is 0 Å². The van der Waals surface area contributed by atoms with Crippen LogP contribution in [-0.4, -0.2) is 11.7 Å². The Labute approximate surface area is 144 Å². The smallest absolute Gasteiger partial charge is 0.332 e. The summed E-state index contributed by atoms with van der Waals surface area (Å²) in [6, 6.07) is 11.5. The molecule has 1 aliphatic rings. The molecule has 0 amide bonds. The van der Waals surface area contributed by atoms with E-state index in [1.54, 1.807) is 6.07 Å². The number of anilines is 2. The molecule has 24 heavy (non-hydrogen) atoms. The van der Waals surface area contributed by atoms with Crippen LogP contribution in [0.25, 0.3) is 0 Å². The summed E-state index contributed by atoms with van der Waals surface area (Å²) in [6.45, 7) is 2.71. The summed E-state index contributed by atoms with van der Waals surface area (Å²) >= 11 is 5.39. The van der Waals surface area contributed by atoms with Crippen molar-refractivity contribution in [2.24, 2.45) is 0 Å². The van der Waals surface area contributed by atoms with Crippen molar-refractivity contribution in [3.63, 3.8) is 0 Å². The number of rotatable bonds is 1. The van der Waals surface area contributed by atoms with Crippen molar-refractivity contribution >= 4 is 28.7 Å². The number of alkyl halides is 3. The minimum atomic E-state index is -4.42. The summed E-state index contributed by atoms with van der Waals surface area (Å²) in [6.07, 6.45) is -2.55. The number of hydrogen-bond donors (Lipinski definition) is 1. The molecule has 3 rings (SSSR count). The fraction of sp³-hybridized carbons (Fsp3) is 0.278. The van der Waals surface area contributed by atoms with E-state index in [4.69, 9.17) is 12.2 Å². The van der Waals surface area contributed by atoms with E-state index in [1.165, 1.54) is 17.7 Å². The molecule has 0 saturated carbocycles. The van der Waals surface area contributed by atoms with E-state index in [1.807, 2.05) is 24.0 Å². The number of halogens is 3. The van der Waals surface area contributed by atoms with Gasteiger partial charge in [-0.3, -0.25) is 0 Å². The summed E-state index contributed by atoms with van der Waals surface area (Å²) in [7, 11) is 0. The van der Waals surface area contributed by atoms with Gasteiger partial charge in [0.1, 0.15) is 0 Å². The van der Waals surface area contributed by atoms with Gasteiger partial charge in [-0.1, -0.05) is 29.8 Å². The number of aryl methyl sites for hydroxylation is 2. The number of fused-ring (bicyclic) bond motifs is 1. The quantitative estimate of drug-likeness (QED) is 0.715. The van der Waals surface area contributed by atoms with Gasteiger partial charge in [0.05, 0.1) is 11.3 Å². The van der Waals surface area contributed by atoms with Crippen molar-refractivity contribution in [2.45, 2.75) is 25.9 Å². The second-order valence-corrected chi connectivity index (χ2v) is 6.25. The standard InChI is InChI=1S/C18H17F3N2S/c1-12-8-9-16-13(11-12)5-4-10-23(16)17(24)22-15-7-3-2-6-14(15)18(19,20)21/h2-3,6-9,11H,4-5,10H2,1H3,(H,22,24). The van der Waals surface area contributed by atoms with Crippen LogP contribution in [0.15, 0.2) is 42.5 Å². The normalized spacial score (nSPS) is 14.2. The average Bonchev–Trinajstić information content (AvgIpc) is 2.53. The zero-order valence-electron chi connectivity index (χ0n) is 13.2. The first kappa shape index (κ1) is 16.8. The van der Waals surface area contributed by atoms with E-state index in [0.29, 0.717) is 6.54 Å². The van der Waals surface area contributed by atoms with Crippen LogP contribution in [0.5, 0.6) is 0 Å². The van der Waals surface area contributed by atoms with Gasteiger partial charge in [-0.2, -0.15) is 13.2 Å². The van der Waals surface area contributed by atoms with Crippen molar-refractivity contribution in [3.05, 3.63) is 59.2 Å². The first-order chi connectivity index (χ1) is 11.4. The van der Waals surface area contributed by atoms with Crippen LogP contribution in [-0.2, 0) is 12.6 Å². The van der Waals surface area contributed by atoms with Crippen LogP contribution >= 0.6 is 12.2 Å². The van der Waals surface area contributed by atoms with Crippen LogP contribution in [0.3, 0.4) is 0 Å². The van der Waals surface area contributed by atoms with Crippen LogP contribution < -0.4 is 10.2 Å². The van der Waals surface area contributed by atoms with E-state index >= 15 is 0 Å². The minimum Gasteiger partial charge on any atom is -0.332 e. The fourth-order valence-electron chi connectivity index (χ4n) is 2.96. The van der Waals surface area contributed by atoms with Crippen molar-refractivity contribution < 1.29 is 13.2 Å². The molecule has 0 bridgehead atoms. The molecule has 1 heterocycles. The SMILES string of the molecule is Cc1ccc2c(c1)CCCN2C(=S)Nc1ccccc1C(F)(F)F. The summed E-state index contributed by atoms with van der Waals surface area (Å²) in [5.41, 5.74) is 2.57. The summed E-state index contributed by atoms with van der Waals surface area (Å²) in [5.74, 6) is 0. The van der Waals surface area contributed by atoms with E-state index in [2.05, 4.69) is 11.4 Å². The van der Waals surface area contributed by atoms with E-state index in [0.717, 1.165) is 30.2 Å². The summed E-state index contributed by atoms with van der Waals surface area (Å²) in [5, 5.41) is 3.07. The molecule has 1 N–H and O–H groups in total. The molecule has 0 unspecified atom stereocenters. The lowest BCUT2D eigenvalue weighted by Gasteiger charge is -2.32. The molecule has 0 spiro atoms. The number of para-hydroxylation sites is 1. The molecule has 0 saturated heterocycles. The minimum absolute atomic E-state index is 0.0192. The molecule has 1 aliphatic heterocycles. The Hall–Kier alpha value is -2.08. The van der Waals surface area contributed by atoms with Gasteiger partial charge in [0.15, 0.2) is 5.11 Å². The van der Waals surface area contributed by atoms with Crippen LogP contribution in [0.2, 0.25) is 0 Å². The molecule has 0 aromatic heterocycles. The predicted octanol–water partition coefficient (Wildman–Crippen LogP) is 5.16. The molecule has 0 fully saturated rings. The second kappa shape index (κ2) is 6.43. The van der Waals surface area contributed by atoms with Crippen LogP contribution in [0.4, 0.5) is 24.5 Å². The highest BCUT2D eigenvalue weighted by Gasteiger charge is 2.33. The molecular formula is C18H17F3N2S. The maximum absolute atomic E-state index is 13.1. The van der Waals surface area contributed by atoms with Gasteiger partial charge in [-0.25, -0.2) is 0 Å². The van der Waals surface area contributed by atoms with Gasteiger partial charge in [-0.05, 0) is 55.7 Å². The topological polar surface area (TPSA) is 15.3 Å². The Kier molecular flexibility index (Phi) is 4.49. The second-order valence-electron chi connectivity index (χ2n) is 5.86. The molecule has 2 nitrogen and oxygen atoms in total. The average molecular weight is 350 g/mol. The fourth-order valence-corrected chi connectivity index (χ4v) is 3.26. The largest absolute Gasteiger partial charge is 0.418 e. The Morgan fingerprint density at radius 3 is 2.67 bits per heavy atom. The van der Waals surface area contributed by atoms with Gasteiger partial charge in [0, 0.05) is 12.2 Å². The predicted molar refractivity (Wildman–Crippen MR) is 94.5 cm³/mol. The van der Waals surface area contributed by atoms with Crippen LogP contribution in [0, 0.1) is 6.92 Å². The van der Waals surface area contributed by atoms with Gasteiger partial charge >= 0.3 is 6.18 Å². The summed E-state index contributed by atoms with van der Waals surface area (Å²) < 4.78 is 39.4. The highest BCUT2D eigenvalue weighted by Crippen LogP contribution is 2.35. The lowest BCUT2D eigenvalue weighted by molar-refractivity contribution is -0.136. The Balaban J connectivity index is 1.88. The van der Waals surface area contributed by atoms with E-state index in [-0.39, 0.29) is 10.8 Å². The van der Waals surface area contributed by atoms with Gasteiger partial charge in [0.2, 0.25) is 0 Å². The molecule has 126 valence electrons. The highest BCUT2D eigenvalue weighted by atomic mass is 32.1. The number of nitrogens with zero attached hydrogens (tertiary/aromatic N) is 1. The number of benzene rings is 2. The number of nitrogens with one attached hydrogen (secondary N) is 1. The highest BCUT2D eigenvalue weighted by molar-refractivity contribution is 7.80. The molecule has 2 aromatic rings. The monoisotopic (exact) mass is 350 g/mol. The van der Waals surface area contributed by atoms with Crippen molar-refractivity contribution in [3.8, 4) is 0 Å². The number of hydrogen-bond acceptors (Lipinski definition) is 1. The zero-order valence-corrected chi connectivity index (χ0v) is 14.0.